The first-order valence-corrected chi connectivity index (χ1v) is 7.19. The summed E-state index contributed by atoms with van der Waals surface area (Å²) in [6.45, 7) is 4.06. The number of hydrogen-bond acceptors (Lipinski definition) is 2. The van der Waals surface area contributed by atoms with Gasteiger partial charge in [-0.3, -0.25) is 4.79 Å². The van der Waals surface area contributed by atoms with E-state index in [1.54, 1.807) is 12.1 Å². The van der Waals surface area contributed by atoms with Crippen LogP contribution in [-0.2, 0) is 0 Å². The fourth-order valence-corrected chi connectivity index (χ4v) is 2.49. The van der Waals surface area contributed by atoms with E-state index < -0.39 is 5.91 Å². The van der Waals surface area contributed by atoms with Crippen LogP contribution in [0.5, 0.6) is 0 Å². The van der Waals surface area contributed by atoms with Crippen molar-refractivity contribution in [2.24, 2.45) is 5.73 Å². The number of carbonyl (C=O) groups is 1. The van der Waals surface area contributed by atoms with E-state index in [2.05, 4.69) is 40.3 Å². The summed E-state index contributed by atoms with van der Waals surface area (Å²) in [6.07, 6.45) is 0. The lowest BCUT2D eigenvalue weighted by Gasteiger charge is -2.18. The molecule has 0 saturated heterocycles. The van der Waals surface area contributed by atoms with Gasteiger partial charge in [0.2, 0.25) is 5.91 Å². The van der Waals surface area contributed by atoms with Gasteiger partial charge < -0.3 is 11.1 Å². The number of nitrogens with one attached hydrogen (secondary N) is 1. The molecule has 3 nitrogen and oxygen atoms in total. The number of anilines is 1. The summed E-state index contributed by atoms with van der Waals surface area (Å²) in [7, 11) is 0. The van der Waals surface area contributed by atoms with E-state index in [1.165, 1.54) is 5.56 Å². The molecule has 0 aromatic heterocycles. The molecule has 0 heterocycles. The quantitative estimate of drug-likeness (QED) is 0.888. The van der Waals surface area contributed by atoms with Crippen molar-refractivity contribution in [3.63, 3.8) is 0 Å². The van der Waals surface area contributed by atoms with Crippen molar-refractivity contribution in [1.29, 1.82) is 0 Å². The van der Waals surface area contributed by atoms with Gasteiger partial charge in [0.25, 0.3) is 0 Å². The zero-order valence-corrected chi connectivity index (χ0v) is 13.1. The summed E-state index contributed by atoms with van der Waals surface area (Å²) in [5, 5.41) is 3.45. The van der Waals surface area contributed by atoms with Gasteiger partial charge in [-0.05, 0) is 55.3 Å². The molecule has 0 bridgehead atoms. The minimum Gasteiger partial charge on any atom is -0.378 e. The number of benzene rings is 2. The Labute approximate surface area is 127 Å². The molecule has 20 heavy (non-hydrogen) atoms. The van der Waals surface area contributed by atoms with Crippen LogP contribution >= 0.6 is 15.9 Å². The van der Waals surface area contributed by atoms with E-state index in [1.807, 2.05) is 25.1 Å². The van der Waals surface area contributed by atoms with Crippen LogP contribution in [0.2, 0.25) is 0 Å². The van der Waals surface area contributed by atoms with Crippen molar-refractivity contribution in [2.75, 3.05) is 5.32 Å². The molecule has 2 aromatic rings. The maximum Gasteiger partial charge on any atom is 0.248 e. The number of carbonyl (C=O) groups excluding carboxylic acids is 1. The molecular weight excluding hydrogens is 316 g/mol. The van der Waals surface area contributed by atoms with Crippen molar-refractivity contribution in [2.45, 2.75) is 19.9 Å². The van der Waals surface area contributed by atoms with Gasteiger partial charge in [-0.25, -0.2) is 0 Å². The predicted octanol–water partition coefficient (Wildman–Crippen LogP) is 4.03. The Kier molecular flexibility index (Phi) is 4.45. The standard InChI is InChI=1S/C16H17BrN2O/c1-10-8-13(16(18)20)6-7-15(10)19-11(2)12-4-3-5-14(17)9-12/h3-9,11,19H,1-2H3,(H2,18,20). The fraction of sp³-hybridized carbons (Fsp3) is 0.188. The van der Waals surface area contributed by atoms with E-state index in [0.29, 0.717) is 5.56 Å². The Morgan fingerprint density at radius 1 is 1.25 bits per heavy atom. The van der Waals surface area contributed by atoms with Crippen LogP contribution < -0.4 is 11.1 Å². The summed E-state index contributed by atoms with van der Waals surface area (Å²) < 4.78 is 1.06. The highest BCUT2D eigenvalue weighted by molar-refractivity contribution is 9.10. The number of halogens is 1. The number of rotatable bonds is 4. The zero-order valence-electron chi connectivity index (χ0n) is 11.5. The summed E-state index contributed by atoms with van der Waals surface area (Å²) in [6, 6.07) is 13.8. The molecule has 0 saturated carbocycles. The van der Waals surface area contributed by atoms with Crippen LogP contribution in [0.25, 0.3) is 0 Å². The minimum atomic E-state index is -0.403. The summed E-state index contributed by atoms with van der Waals surface area (Å²) in [4.78, 5) is 11.1. The van der Waals surface area contributed by atoms with Gasteiger partial charge in [0, 0.05) is 21.8 Å². The fourth-order valence-electron chi connectivity index (χ4n) is 2.07. The lowest BCUT2D eigenvalue weighted by molar-refractivity contribution is 0.1000. The number of amides is 1. The Balaban J connectivity index is 2.19. The van der Waals surface area contributed by atoms with E-state index in [4.69, 9.17) is 5.73 Å². The molecule has 1 unspecified atom stereocenters. The van der Waals surface area contributed by atoms with Crippen molar-refractivity contribution >= 4 is 27.5 Å². The van der Waals surface area contributed by atoms with Crippen LogP contribution in [0.4, 0.5) is 5.69 Å². The molecule has 3 N–H and O–H groups in total. The molecule has 0 fully saturated rings. The predicted molar refractivity (Wildman–Crippen MR) is 85.9 cm³/mol. The average Bonchev–Trinajstić information content (AvgIpc) is 2.40. The van der Waals surface area contributed by atoms with Gasteiger partial charge in [-0.1, -0.05) is 28.1 Å². The molecular formula is C16H17BrN2O. The van der Waals surface area contributed by atoms with E-state index >= 15 is 0 Å². The first-order valence-electron chi connectivity index (χ1n) is 6.40. The van der Waals surface area contributed by atoms with Crippen LogP contribution in [0.3, 0.4) is 0 Å². The third-order valence-corrected chi connectivity index (χ3v) is 3.72. The number of primary amides is 1. The number of nitrogens with two attached hydrogens (primary N) is 1. The SMILES string of the molecule is Cc1cc(C(N)=O)ccc1NC(C)c1cccc(Br)c1. The maximum atomic E-state index is 11.1. The Hall–Kier alpha value is -1.81. The Morgan fingerprint density at radius 2 is 2.00 bits per heavy atom. The number of hydrogen-bond donors (Lipinski definition) is 2. The molecule has 0 aliphatic heterocycles. The average molecular weight is 333 g/mol. The molecule has 0 radical (unpaired) electrons. The third-order valence-electron chi connectivity index (χ3n) is 3.23. The molecule has 1 amide bonds. The summed E-state index contributed by atoms with van der Waals surface area (Å²) in [5.41, 5.74) is 9.01. The summed E-state index contributed by atoms with van der Waals surface area (Å²) >= 11 is 3.48. The zero-order chi connectivity index (χ0) is 14.7. The van der Waals surface area contributed by atoms with Crippen molar-refractivity contribution in [3.05, 3.63) is 63.6 Å². The Morgan fingerprint density at radius 3 is 2.60 bits per heavy atom. The normalized spacial score (nSPS) is 11.9. The van der Waals surface area contributed by atoms with E-state index in [-0.39, 0.29) is 6.04 Å². The first kappa shape index (κ1) is 14.6. The molecule has 2 rings (SSSR count). The van der Waals surface area contributed by atoms with E-state index in [0.717, 1.165) is 15.7 Å². The molecule has 104 valence electrons. The highest BCUT2D eigenvalue weighted by Crippen LogP contribution is 2.24. The smallest absolute Gasteiger partial charge is 0.248 e. The highest BCUT2D eigenvalue weighted by atomic mass is 79.9. The molecule has 0 aliphatic rings. The second-order valence-corrected chi connectivity index (χ2v) is 5.73. The highest BCUT2D eigenvalue weighted by Gasteiger charge is 2.09. The second-order valence-electron chi connectivity index (χ2n) is 4.81. The maximum absolute atomic E-state index is 11.1. The van der Waals surface area contributed by atoms with Crippen LogP contribution in [0.1, 0.15) is 34.5 Å². The van der Waals surface area contributed by atoms with Gasteiger partial charge in [-0.15, -0.1) is 0 Å². The molecule has 1 atom stereocenters. The molecule has 2 aromatic carbocycles. The molecule has 0 aliphatic carbocycles. The first-order chi connectivity index (χ1) is 9.47. The number of aryl methyl sites for hydroxylation is 1. The van der Waals surface area contributed by atoms with Gasteiger partial charge in [-0.2, -0.15) is 0 Å². The lowest BCUT2D eigenvalue weighted by Crippen LogP contribution is -2.12. The molecule has 0 spiro atoms. The third kappa shape index (κ3) is 3.39. The minimum absolute atomic E-state index is 0.172. The second kappa shape index (κ2) is 6.09. The van der Waals surface area contributed by atoms with Crippen LogP contribution in [0, 0.1) is 6.92 Å². The molecule has 4 heteroatoms. The largest absolute Gasteiger partial charge is 0.378 e. The van der Waals surface area contributed by atoms with Crippen molar-refractivity contribution in [1.82, 2.24) is 0 Å². The van der Waals surface area contributed by atoms with Gasteiger partial charge >= 0.3 is 0 Å². The van der Waals surface area contributed by atoms with Gasteiger partial charge in [0.05, 0.1) is 0 Å². The van der Waals surface area contributed by atoms with Crippen LogP contribution in [0.15, 0.2) is 46.9 Å². The Bertz CT molecular complexity index is 640. The van der Waals surface area contributed by atoms with E-state index in [9.17, 15) is 4.79 Å². The monoisotopic (exact) mass is 332 g/mol. The topological polar surface area (TPSA) is 55.1 Å². The lowest BCUT2D eigenvalue weighted by atomic mass is 10.1. The van der Waals surface area contributed by atoms with Crippen molar-refractivity contribution in [3.8, 4) is 0 Å². The van der Waals surface area contributed by atoms with Crippen LogP contribution in [-0.4, -0.2) is 5.91 Å². The summed E-state index contributed by atoms with van der Waals surface area (Å²) in [5.74, 6) is -0.403. The van der Waals surface area contributed by atoms with Gasteiger partial charge in [0.1, 0.15) is 0 Å². The van der Waals surface area contributed by atoms with Gasteiger partial charge in [0.15, 0.2) is 0 Å². The van der Waals surface area contributed by atoms with Crippen molar-refractivity contribution < 1.29 is 4.79 Å².